The molecule has 6 heteroatoms. The molecular formula is C18H33N3O3. The van der Waals surface area contributed by atoms with Crippen molar-refractivity contribution in [3.8, 4) is 0 Å². The van der Waals surface area contributed by atoms with Gasteiger partial charge in [0, 0.05) is 19.6 Å². The molecule has 1 amide bonds. The van der Waals surface area contributed by atoms with Gasteiger partial charge in [0.25, 0.3) is 0 Å². The molecule has 0 atom stereocenters. The van der Waals surface area contributed by atoms with Gasteiger partial charge >= 0.3 is 6.09 Å². The van der Waals surface area contributed by atoms with Crippen LogP contribution in [0, 0.1) is 5.92 Å². The van der Waals surface area contributed by atoms with Gasteiger partial charge in [0.1, 0.15) is 11.2 Å². The van der Waals surface area contributed by atoms with Crippen LogP contribution in [0.25, 0.3) is 0 Å². The molecule has 3 aliphatic rings. The zero-order valence-corrected chi connectivity index (χ0v) is 15.7. The molecule has 0 aliphatic carbocycles. The van der Waals surface area contributed by atoms with Crippen molar-refractivity contribution in [3.05, 3.63) is 0 Å². The summed E-state index contributed by atoms with van der Waals surface area (Å²) in [6.07, 6.45) is 2.37. The van der Waals surface area contributed by atoms with E-state index in [1.165, 1.54) is 32.5 Å². The Kier molecular flexibility index (Phi) is 5.09. The minimum absolute atomic E-state index is 0.166. The standard InChI is InChI=1S/C18H33N3O3/c1-17(2,3)24-16(22)21-13-18(14-21)12-20(9-10-23-18)11-15-5-7-19(4)8-6-15/h15H,5-14H2,1-4H3. The zero-order chi connectivity index (χ0) is 17.4. The lowest BCUT2D eigenvalue weighted by Crippen LogP contribution is -2.71. The van der Waals surface area contributed by atoms with Crippen LogP contribution in [0.15, 0.2) is 0 Å². The predicted molar refractivity (Wildman–Crippen MR) is 93.2 cm³/mol. The summed E-state index contributed by atoms with van der Waals surface area (Å²) in [5, 5.41) is 0. The van der Waals surface area contributed by atoms with Crippen LogP contribution in [-0.4, -0.2) is 91.5 Å². The number of hydrogen-bond donors (Lipinski definition) is 0. The third kappa shape index (κ3) is 4.41. The van der Waals surface area contributed by atoms with E-state index >= 15 is 0 Å². The lowest BCUT2D eigenvalue weighted by Gasteiger charge is -2.54. The number of hydrogen-bond acceptors (Lipinski definition) is 5. The lowest BCUT2D eigenvalue weighted by atomic mass is 9.90. The average molecular weight is 339 g/mol. The number of carbonyl (C=O) groups excluding carboxylic acids is 1. The first-order valence-electron chi connectivity index (χ1n) is 9.27. The van der Waals surface area contributed by atoms with E-state index in [0.29, 0.717) is 13.1 Å². The highest BCUT2D eigenvalue weighted by Crippen LogP contribution is 2.31. The SMILES string of the molecule is CN1CCC(CN2CCOC3(C2)CN(C(=O)OC(C)(C)C)C3)CC1. The van der Waals surface area contributed by atoms with Crippen LogP contribution in [0.2, 0.25) is 0 Å². The fraction of sp³-hybridized carbons (Fsp3) is 0.944. The third-order valence-corrected chi connectivity index (χ3v) is 5.29. The van der Waals surface area contributed by atoms with Crippen LogP contribution in [0.4, 0.5) is 4.79 Å². The topological polar surface area (TPSA) is 45.2 Å². The minimum atomic E-state index is -0.437. The van der Waals surface area contributed by atoms with E-state index in [2.05, 4.69) is 16.8 Å². The Balaban J connectivity index is 1.46. The van der Waals surface area contributed by atoms with Gasteiger partial charge in [-0.3, -0.25) is 4.90 Å². The highest BCUT2D eigenvalue weighted by Gasteiger charge is 2.50. The normalized spacial score (nSPS) is 26.4. The predicted octanol–water partition coefficient (Wildman–Crippen LogP) is 1.65. The molecule has 0 aromatic carbocycles. The molecule has 3 aliphatic heterocycles. The molecule has 3 fully saturated rings. The maximum atomic E-state index is 12.1. The molecule has 0 aromatic rings. The summed E-state index contributed by atoms with van der Waals surface area (Å²) in [5.74, 6) is 0.804. The van der Waals surface area contributed by atoms with Gasteiger partial charge in [-0.25, -0.2) is 4.79 Å². The number of rotatable bonds is 2. The van der Waals surface area contributed by atoms with E-state index in [1.807, 2.05) is 20.8 Å². The molecule has 0 saturated carbocycles. The highest BCUT2D eigenvalue weighted by molar-refractivity contribution is 5.69. The monoisotopic (exact) mass is 339 g/mol. The number of nitrogens with zero attached hydrogens (tertiary/aromatic N) is 3. The van der Waals surface area contributed by atoms with Crippen LogP contribution in [0.3, 0.4) is 0 Å². The van der Waals surface area contributed by atoms with Gasteiger partial charge in [0.2, 0.25) is 0 Å². The first-order chi connectivity index (χ1) is 11.2. The molecule has 0 radical (unpaired) electrons. The Hall–Kier alpha value is -0.850. The highest BCUT2D eigenvalue weighted by atomic mass is 16.6. The van der Waals surface area contributed by atoms with Crippen molar-refractivity contribution in [2.45, 2.75) is 44.8 Å². The van der Waals surface area contributed by atoms with Crippen molar-refractivity contribution in [1.29, 1.82) is 0 Å². The van der Waals surface area contributed by atoms with Gasteiger partial charge in [0.15, 0.2) is 0 Å². The summed E-state index contributed by atoms with van der Waals surface area (Å²) in [5.41, 5.74) is -0.603. The molecule has 0 N–H and O–H groups in total. The lowest BCUT2D eigenvalue weighted by molar-refractivity contribution is -0.179. The summed E-state index contributed by atoms with van der Waals surface area (Å²) in [4.78, 5) is 18.9. The summed E-state index contributed by atoms with van der Waals surface area (Å²) in [7, 11) is 2.21. The summed E-state index contributed by atoms with van der Waals surface area (Å²) < 4.78 is 11.5. The van der Waals surface area contributed by atoms with Crippen molar-refractivity contribution in [2.75, 3.05) is 59.5 Å². The summed E-state index contributed by atoms with van der Waals surface area (Å²) in [6.45, 7) is 13.4. The van der Waals surface area contributed by atoms with Gasteiger partial charge in [-0.05, 0) is 59.7 Å². The summed E-state index contributed by atoms with van der Waals surface area (Å²) in [6, 6.07) is 0. The molecule has 1 spiro atoms. The second kappa shape index (κ2) is 6.81. The molecule has 24 heavy (non-hydrogen) atoms. The Bertz CT molecular complexity index is 449. The second-order valence-electron chi connectivity index (χ2n) is 8.85. The van der Waals surface area contributed by atoms with Crippen molar-refractivity contribution in [1.82, 2.24) is 14.7 Å². The van der Waals surface area contributed by atoms with Crippen LogP contribution in [0.1, 0.15) is 33.6 Å². The largest absolute Gasteiger partial charge is 0.444 e. The van der Waals surface area contributed by atoms with Crippen LogP contribution < -0.4 is 0 Å². The summed E-state index contributed by atoms with van der Waals surface area (Å²) >= 11 is 0. The molecule has 3 heterocycles. The molecule has 0 unspecified atom stereocenters. The number of carbonyl (C=O) groups is 1. The molecule has 0 bridgehead atoms. The molecule has 6 nitrogen and oxygen atoms in total. The van der Waals surface area contributed by atoms with Gasteiger partial charge in [-0.2, -0.15) is 0 Å². The average Bonchev–Trinajstić information content (AvgIpc) is 2.45. The van der Waals surface area contributed by atoms with E-state index in [-0.39, 0.29) is 11.7 Å². The Morgan fingerprint density at radius 2 is 1.83 bits per heavy atom. The molecule has 3 rings (SSSR count). The maximum absolute atomic E-state index is 12.1. The minimum Gasteiger partial charge on any atom is -0.444 e. The Morgan fingerprint density at radius 1 is 1.17 bits per heavy atom. The molecule has 3 saturated heterocycles. The smallest absolute Gasteiger partial charge is 0.410 e. The van der Waals surface area contributed by atoms with Crippen LogP contribution in [0.5, 0.6) is 0 Å². The van der Waals surface area contributed by atoms with Crippen molar-refractivity contribution < 1.29 is 14.3 Å². The fourth-order valence-corrected chi connectivity index (χ4v) is 3.99. The number of morpholine rings is 1. The fourth-order valence-electron chi connectivity index (χ4n) is 3.99. The quantitative estimate of drug-likeness (QED) is 0.765. The Morgan fingerprint density at radius 3 is 2.46 bits per heavy atom. The van der Waals surface area contributed by atoms with Crippen molar-refractivity contribution in [2.24, 2.45) is 5.92 Å². The molecular weight excluding hydrogens is 306 g/mol. The Labute approximate surface area is 146 Å². The number of ether oxygens (including phenoxy) is 2. The van der Waals surface area contributed by atoms with Crippen LogP contribution >= 0.6 is 0 Å². The van der Waals surface area contributed by atoms with Crippen molar-refractivity contribution in [3.63, 3.8) is 0 Å². The molecule has 0 aromatic heterocycles. The first-order valence-corrected chi connectivity index (χ1v) is 9.27. The number of likely N-dealkylation sites (tertiary alicyclic amines) is 2. The van der Waals surface area contributed by atoms with Crippen molar-refractivity contribution >= 4 is 6.09 Å². The first kappa shape index (κ1) is 18.0. The van der Waals surface area contributed by atoms with Gasteiger partial charge < -0.3 is 19.3 Å². The molecule has 138 valence electrons. The van der Waals surface area contributed by atoms with Gasteiger partial charge in [-0.1, -0.05) is 0 Å². The van der Waals surface area contributed by atoms with E-state index in [1.54, 1.807) is 4.90 Å². The maximum Gasteiger partial charge on any atom is 0.410 e. The second-order valence-corrected chi connectivity index (χ2v) is 8.85. The van der Waals surface area contributed by atoms with E-state index in [9.17, 15) is 4.79 Å². The van der Waals surface area contributed by atoms with E-state index in [4.69, 9.17) is 9.47 Å². The van der Waals surface area contributed by atoms with Crippen LogP contribution in [-0.2, 0) is 9.47 Å². The van der Waals surface area contributed by atoms with Gasteiger partial charge in [-0.15, -0.1) is 0 Å². The zero-order valence-electron chi connectivity index (χ0n) is 15.7. The van der Waals surface area contributed by atoms with E-state index in [0.717, 1.165) is 25.6 Å². The van der Waals surface area contributed by atoms with E-state index < -0.39 is 5.60 Å². The number of piperidine rings is 1. The third-order valence-electron chi connectivity index (χ3n) is 5.29. The number of amides is 1. The van der Waals surface area contributed by atoms with Gasteiger partial charge in [0.05, 0.1) is 19.7 Å².